The Hall–Kier alpha value is -1.30. The first-order valence-corrected chi connectivity index (χ1v) is 7.19. The number of ether oxygens (including phenoxy) is 1. The van der Waals surface area contributed by atoms with Crippen LogP contribution in [-0.4, -0.2) is 54.5 Å². The van der Waals surface area contributed by atoms with Crippen molar-refractivity contribution < 1.29 is 14.9 Å². The van der Waals surface area contributed by atoms with Gasteiger partial charge in [-0.2, -0.15) is 0 Å². The van der Waals surface area contributed by atoms with Crippen LogP contribution in [0.5, 0.6) is 11.5 Å². The van der Waals surface area contributed by atoms with Gasteiger partial charge in [0.1, 0.15) is 23.6 Å². The summed E-state index contributed by atoms with van der Waals surface area (Å²) >= 11 is 0. The summed E-state index contributed by atoms with van der Waals surface area (Å²) in [7, 11) is 0. The molecule has 1 atom stereocenters. The zero-order valence-corrected chi connectivity index (χ0v) is 12.2. The first kappa shape index (κ1) is 15.1. The highest BCUT2D eigenvalue weighted by Gasteiger charge is 2.40. The van der Waals surface area contributed by atoms with Crippen LogP contribution in [0.25, 0.3) is 0 Å². The summed E-state index contributed by atoms with van der Waals surface area (Å²) in [6.45, 7) is 8.40. The van der Waals surface area contributed by atoms with Gasteiger partial charge in [-0.3, -0.25) is 0 Å². The van der Waals surface area contributed by atoms with Crippen molar-refractivity contribution in [1.82, 2.24) is 10.2 Å². The molecule has 0 amide bonds. The van der Waals surface area contributed by atoms with E-state index in [1.807, 2.05) is 6.07 Å². The molecule has 0 aromatic heterocycles. The van der Waals surface area contributed by atoms with Crippen molar-refractivity contribution >= 4 is 0 Å². The summed E-state index contributed by atoms with van der Waals surface area (Å²) in [6, 6.07) is 5.04. The molecule has 20 heavy (non-hydrogen) atoms. The fraction of sp³-hybridized carbons (Fsp3) is 0.600. The van der Waals surface area contributed by atoms with Gasteiger partial charge in [0.15, 0.2) is 0 Å². The molecule has 1 aliphatic heterocycles. The number of likely N-dealkylation sites (N-methyl/N-ethyl adjacent to an activating group) is 1. The van der Waals surface area contributed by atoms with E-state index >= 15 is 0 Å². The number of hydrogen-bond donors (Lipinski definition) is 3. The number of rotatable bonds is 7. The second-order valence-electron chi connectivity index (χ2n) is 5.16. The van der Waals surface area contributed by atoms with E-state index in [9.17, 15) is 10.2 Å². The molecule has 2 rings (SSSR count). The summed E-state index contributed by atoms with van der Waals surface area (Å²) in [6.07, 6.45) is 0. The van der Waals surface area contributed by atoms with Gasteiger partial charge >= 0.3 is 0 Å². The first-order chi connectivity index (χ1) is 9.65. The van der Waals surface area contributed by atoms with Crippen LogP contribution in [0.2, 0.25) is 0 Å². The number of hydrogen-bond acceptors (Lipinski definition) is 5. The van der Waals surface area contributed by atoms with Crippen molar-refractivity contribution in [2.45, 2.75) is 19.4 Å². The number of benzene rings is 1. The predicted octanol–water partition coefficient (Wildman–Crippen LogP) is 0.904. The maximum Gasteiger partial charge on any atom is 0.128 e. The number of aliphatic hydroxyl groups is 1. The molecule has 1 unspecified atom stereocenters. The van der Waals surface area contributed by atoms with E-state index in [2.05, 4.69) is 24.1 Å². The van der Waals surface area contributed by atoms with E-state index in [0.717, 1.165) is 31.7 Å². The number of fused-ring (bicyclic) bond motifs is 1. The Balaban J connectivity index is 2.05. The normalized spacial score (nSPS) is 21.0. The molecular weight excluding hydrogens is 256 g/mol. The topological polar surface area (TPSA) is 65.0 Å². The van der Waals surface area contributed by atoms with Gasteiger partial charge in [-0.1, -0.05) is 13.8 Å². The minimum absolute atomic E-state index is 0.0248. The Morgan fingerprint density at radius 1 is 1.35 bits per heavy atom. The average Bonchev–Trinajstić information content (AvgIpc) is 2.82. The van der Waals surface area contributed by atoms with Crippen LogP contribution < -0.4 is 10.1 Å². The van der Waals surface area contributed by atoms with Crippen molar-refractivity contribution in [3.05, 3.63) is 23.8 Å². The fourth-order valence-corrected chi connectivity index (χ4v) is 2.63. The third-order valence-electron chi connectivity index (χ3n) is 4.01. The Bertz CT molecular complexity index is 449. The molecule has 0 radical (unpaired) electrons. The number of aliphatic hydroxyl groups excluding tert-OH is 1. The second kappa shape index (κ2) is 6.43. The lowest BCUT2D eigenvalue weighted by atomic mass is 9.93. The van der Waals surface area contributed by atoms with Gasteiger partial charge in [-0.25, -0.2) is 0 Å². The molecule has 0 saturated heterocycles. The minimum Gasteiger partial charge on any atom is -0.508 e. The molecule has 1 aromatic carbocycles. The molecule has 0 fully saturated rings. The van der Waals surface area contributed by atoms with Gasteiger partial charge in [0.25, 0.3) is 0 Å². The number of phenols is 1. The highest BCUT2D eigenvalue weighted by Crippen LogP contribution is 2.38. The Morgan fingerprint density at radius 3 is 2.75 bits per heavy atom. The molecule has 5 heteroatoms. The van der Waals surface area contributed by atoms with Crippen molar-refractivity contribution in [3.8, 4) is 11.5 Å². The Labute approximate surface area is 120 Å². The smallest absolute Gasteiger partial charge is 0.128 e. The fourth-order valence-electron chi connectivity index (χ4n) is 2.63. The number of phenolic OH excluding ortho intramolecular Hbond substituents is 1. The maximum absolute atomic E-state index is 9.79. The standard InChI is InChI=1S/C15H24N2O3/c1-3-17(4-2)8-7-16-15(10-18)11-20-14-9-12(19)5-6-13(14)15/h5-6,9,16,18-19H,3-4,7-8,10-11H2,1-2H3. The predicted molar refractivity (Wildman–Crippen MR) is 78.2 cm³/mol. The molecule has 5 nitrogen and oxygen atoms in total. The summed E-state index contributed by atoms with van der Waals surface area (Å²) in [5.74, 6) is 0.829. The monoisotopic (exact) mass is 280 g/mol. The van der Waals surface area contributed by atoms with Crippen LogP contribution in [0.1, 0.15) is 19.4 Å². The molecule has 1 aromatic rings. The first-order valence-electron chi connectivity index (χ1n) is 7.19. The van der Waals surface area contributed by atoms with Gasteiger partial charge < -0.3 is 25.2 Å². The average molecular weight is 280 g/mol. The largest absolute Gasteiger partial charge is 0.508 e. The lowest BCUT2D eigenvalue weighted by molar-refractivity contribution is 0.126. The van der Waals surface area contributed by atoms with Crippen LogP contribution in [0, 0.1) is 0 Å². The summed E-state index contributed by atoms with van der Waals surface area (Å²) in [5.41, 5.74) is 0.355. The molecule has 1 aliphatic rings. The number of nitrogens with one attached hydrogen (secondary N) is 1. The molecular formula is C15H24N2O3. The van der Waals surface area contributed by atoms with Crippen LogP contribution in [0.15, 0.2) is 18.2 Å². The third-order valence-corrected chi connectivity index (χ3v) is 4.01. The number of nitrogens with zero attached hydrogens (tertiary/aromatic N) is 1. The molecule has 0 spiro atoms. The SMILES string of the molecule is CCN(CC)CCNC1(CO)COc2cc(O)ccc21. The van der Waals surface area contributed by atoms with Gasteiger partial charge in [0.2, 0.25) is 0 Å². The quantitative estimate of drug-likeness (QED) is 0.693. The molecule has 3 N–H and O–H groups in total. The van der Waals surface area contributed by atoms with Crippen molar-refractivity contribution in [2.75, 3.05) is 39.4 Å². The molecule has 0 saturated carbocycles. The van der Waals surface area contributed by atoms with Gasteiger partial charge in [-0.05, 0) is 25.2 Å². The van der Waals surface area contributed by atoms with Gasteiger partial charge in [-0.15, -0.1) is 0 Å². The van der Waals surface area contributed by atoms with Crippen LogP contribution >= 0.6 is 0 Å². The Kier molecular flexibility index (Phi) is 4.86. The van der Waals surface area contributed by atoms with E-state index in [-0.39, 0.29) is 12.4 Å². The third kappa shape index (κ3) is 2.90. The molecule has 0 bridgehead atoms. The minimum atomic E-state index is -0.559. The zero-order valence-electron chi connectivity index (χ0n) is 12.2. The molecule has 0 aliphatic carbocycles. The maximum atomic E-state index is 9.79. The lowest BCUT2D eigenvalue weighted by Crippen LogP contribution is -2.49. The van der Waals surface area contributed by atoms with E-state index in [4.69, 9.17) is 4.74 Å². The van der Waals surface area contributed by atoms with E-state index in [1.165, 1.54) is 0 Å². The summed E-state index contributed by atoms with van der Waals surface area (Å²) < 4.78 is 5.60. The lowest BCUT2D eigenvalue weighted by Gasteiger charge is -2.29. The highest BCUT2D eigenvalue weighted by atomic mass is 16.5. The van der Waals surface area contributed by atoms with Gasteiger partial charge in [0.05, 0.1) is 6.61 Å². The van der Waals surface area contributed by atoms with Crippen LogP contribution in [0.3, 0.4) is 0 Å². The summed E-state index contributed by atoms with van der Waals surface area (Å²) in [5, 5.41) is 22.7. The van der Waals surface area contributed by atoms with Crippen molar-refractivity contribution in [2.24, 2.45) is 0 Å². The van der Waals surface area contributed by atoms with Crippen molar-refractivity contribution in [1.29, 1.82) is 0 Å². The number of aromatic hydroxyl groups is 1. The zero-order chi connectivity index (χ0) is 14.6. The van der Waals surface area contributed by atoms with E-state index in [1.54, 1.807) is 12.1 Å². The highest BCUT2D eigenvalue weighted by molar-refractivity contribution is 5.47. The second-order valence-corrected chi connectivity index (χ2v) is 5.16. The Morgan fingerprint density at radius 2 is 2.10 bits per heavy atom. The van der Waals surface area contributed by atoms with Crippen molar-refractivity contribution in [3.63, 3.8) is 0 Å². The van der Waals surface area contributed by atoms with Gasteiger partial charge in [0, 0.05) is 24.7 Å². The summed E-state index contributed by atoms with van der Waals surface area (Å²) in [4.78, 5) is 2.33. The molecule has 112 valence electrons. The van der Waals surface area contributed by atoms with Crippen LogP contribution in [0.4, 0.5) is 0 Å². The van der Waals surface area contributed by atoms with E-state index < -0.39 is 5.54 Å². The van der Waals surface area contributed by atoms with Crippen LogP contribution in [-0.2, 0) is 5.54 Å². The van der Waals surface area contributed by atoms with E-state index in [0.29, 0.717) is 12.4 Å². The molecule has 1 heterocycles.